The lowest BCUT2D eigenvalue weighted by molar-refractivity contribution is -0.136. The molecular weight excluding hydrogens is 392 g/mol. The fourth-order valence-electron chi connectivity index (χ4n) is 5.99. The number of hydrogen-bond acceptors (Lipinski definition) is 2. The highest BCUT2D eigenvalue weighted by molar-refractivity contribution is 5.94. The van der Waals surface area contributed by atoms with Crippen molar-refractivity contribution in [1.29, 1.82) is 0 Å². The predicted octanol–water partition coefficient (Wildman–Crippen LogP) is 5.72. The number of likely N-dealkylation sites (tertiary alicyclic amines) is 1. The smallest absolute Gasteiger partial charge is 0.226 e. The molecule has 1 amide bonds. The van der Waals surface area contributed by atoms with Crippen LogP contribution in [0.3, 0.4) is 0 Å². The molecule has 2 aliphatic carbocycles. The molecule has 1 saturated carbocycles. The van der Waals surface area contributed by atoms with Crippen LogP contribution in [-0.4, -0.2) is 48.9 Å². The average Bonchev–Trinajstić information content (AvgIpc) is 3.00. The van der Waals surface area contributed by atoms with Gasteiger partial charge in [-0.05, 0) is 53.5 Å². The van der Waals surface area contributed by atoms with Gasteiger partial charge in [0, 0.05) is 33.2 Å². The molecule has 3 nitrogen and oxygen atoms in total. The molecule has 2 aromatic rings. The third kappa shape index (κ3) is 3.95. The summed E-state index contributed by atoms with van der Waals surface area (Å²) in [5.41, 5.74) is 8.32. The maximum atomic E-state index is 12.9. The summed E-state index contributed by atoms with van der Waals surface area (Å²) >= 11 is 0. The number of carbonyl (C=O) groups excluding carboxylic acids is 1. The number of rotatable bonds is 2. The molecule has 2 aromatic carbocycles. The van der Waals surface area contributed by atoms with Crippen LogP contribution < -0.4 is 0 Å². The molecule has 32 heavy (non-hydrogen) atoms. The van der Waals surface area contributed by atoms with Crippen LogP contribution in [-0.2, 0) is 4.79 Å². The van der Waals surface area contributed by atoms with Gasteiger partial charge in [-0.3, -0.25) is 9.69 Å². The number of amides is 1. The zero-order valence-electron chi connectivity index (χ0n) is 19.4. The molecule has 2 fully saturated rings. The van der Waals surface area contributed by atoms with Crippen molar-refractivity contribution in [3.8, 4) is 0 Å². The molecule has 1 saturated heterocycles. The number of hydrogen-bond donors (Lipinski definition) is 0. The van der Waals surface area contributed by atoms with E-state index in [9.17, 15) is 4.79 Å². The Balaban J connectivity index is 1.45. The van der Waals surface area contributed by atoms with Crippen LogP contribution in [0.1, 0.15) is 60.8 Å². The zero-order valence-corrected chi connectivity index (χ0v) is 19.4. The average molecular weight is 427 g/mol. The molecule has 0 bridgehead atoms. The molecular formula is C29H34N2O. The van der Waals surface area contributed by atoms with E-state index in [4.69, 9.17) is 0 Å². The summed E-state index contributed by atoms with van der Waals surface area (Å²) in [6.45, 7) is 2.11. The molecule has 1 heterocycles. The van der Waals surface area contributed by atoms with E-state index in [1.807, 2.05) is 14.1 Å². The van der Waals surface area contributed by atoms with Crippen molar-refractivity contribution in [2.75, 3.05) is 27.2 Å². The molecule has 5 rings (SSSR count). The molecule has 0 radical (unpaired) electrons. The normalized spacial score (nSPS) is 23.3. The molecule has 2 atom stereocenters. The number of benzene rings is 2. The summed E-state index contributed by atoms with van der Waals surface area (Å²) in [6, 6.07) is 18.0. The molecule has 2 unspecified atom stereocenters. The van der Waals surface area contributed by atoms with Gasteiger partial charge in [-0.2, -0.15) is 0 Å². The minimum Gasteiger partial charge on any atom is -0.349 e. The van der Waals surface area contributed by atoms with Gasteiger partial charge in [0.15, 0.2) is 0 Å². The maximum Gasteiger partial charge on any atom is 0.226 e. The van der Waals surface area contributed by atoms with Crippen LogP contribution in [0.5, 0.6) is 0 Å². The van der Waals surface area contributed by atoms with Crippen molar-refractivity contribution in [3.05, 3.63) is 76.4 Å². The van der Waals surface area contributed by atoms with Crippen LogP contribution in [0.2, 0.25) is 0 Å². The van der Waals surface area contributed by atoms with Gasteiger partial charge in [0.1, 0.15) is 0 Å². The molecule has 0 aromatic heterocycles. The van der Waals surface area contributed by atoms with Crippen LogP contribution in [0.25, 0.3) is 17.7 Å². The van der Waals surface area contributed by atoms with E-state index < -0.39 is 0 Å². The van der Waals surface area contributed by atoms with Crippen molar-refractivity contribution in [2.45, 2.75) is 44.6 Å². The molecule has 3 aliphatic rings. The fraction of sp³-hybridized carbons (Fsp3) is 0.414. The predicted molar refractivity (Wildman–Crippen MR) is 133 cm³/mol. The molecule has 1 aliphatic heterocycles. The Hall–Kier alpha value is -2.65. The van der Waals surface area contributed by atoms with Crippen LogP contribution in [0.15, 0.2) is 54.1 Å². The highest BCUT2D eigenvalue weighted by Gasteiger charge is 2.36. The van der Waals surface area contributed by atoms with E-state index in [-0.39, 0.29) is 5.92 Å². The highest BCUT2D eigenvalue weighted by atomic mass is 16.2. The lowest BCUT2D eigenvalue weighted by Gasteiger charge is -2.42. The van der Waals surface area contributed by atoms with Crippen molar-refractivity contribution >= 4 is 23.6 Å². The van der Waals surface area contributed by atoms with Crippen molar-refractivity contribution in [2.24, 2.45) is 5.92 Å². The van der Waals surface area contributed by atoms with Gasteiger partial charge >= 0.3 is 0 Å². The first-order valence-electron chi connectivity index (χ1n) is 12.2. The van der Waals surface area contributed by atoms with E-state index in [1.165, 1.54) is 40.7 Å². The fourth-order valence-corrected chi connectivity index (χ4v) is 5.99. The number of fused-ring (bicyclic) bond motifs is 2. The minimum atomic E-state index is 0.163. The van der Waals surface area contributed by atoms with Gasteiger partial charge in [-0.1, -0.05) is 79.1 Å². The topological polar surface area (TPSA) is 23.6 Å². The molecule has 0 N–H and O–H groups in total. The maximum absolute atomic E-state index is 12.9. The second kappa shape index (κ2) is 9.07. The first-order chi connectivity index (χ1) is 15.6. The summed E-state index contributed by atoms with van der Waals surface area (Å²) in [5, 5.41) is 0. The number of nitrogens with zero attached hydrogens (tertiary/aromatic N) is 2. The lowest BCUT2D eigenvalue weighted by atomic mass is 9.80. The largest absolute Gasteiger partial charge is 0.349 e. The van der Waals surface area contributed by atoms with Crippen molar-refractivity contribution < 1.29 is 4.79 Å². The highest BCUT2D eigenvalue weighted by Crippen LogP contribution is 2.40. The van der Waals surface area contributed by atoms with Crippen LogP contribution >= 0.6 is 0 Å². The third-order valence-electron chi connectivity index (χ3n) is 7.61. The van der Waals surface area contributed by atoms with E-state index in [2.05, 4.69) is 65.6 Å². The van der Waals surface area contributed by atoms with Gasteiger partial charge in [0.25, 0.3) is 0 Å². The number of carbonyl (C=O) groups is 1. The Labute approximate surface area is 192 Å². The van der Waals surface area contributed by atoms with Gasteiger partial charge in [-0.25, -0.2) is 0 Å². The standard InChI is InChI=1S/C29H34N2O/c1-30(2)29(32)26-13-7-8-14-27(26)31-19-17-23(18-20-31)28-24-11-5-3-9-21(24)15-16-22-10-4-6-12-25(22)28/h3-6,9-12,15-16,26-27H,7-8,13-14,17-20H2,1-2H3. The van der Waals surface area contributed by atoms with E-state index in [1.54, 1.807) is 10.5 Å². The third-order valence-corrected chi connectivity index (χ3v) is 7.61. The van der Waals surface area contributed by atoms with Crippen molar-refractivity contribution in [3.63, 3.8) is 0 Å². The summed E-state index contributed by atoms with van der Waals surface area (Å²) in [7, 11) is 3.81. The monoisotopic (exact) mass is 426 g/mol. The van der Waals surface area contributed by atoms with Crippen LogP contribution in [0, 0.1) is 5.92 Å². The van der Waals surface area contributed by atoms with Crippen LogP contribution in [0.4, 0.5) is 0 Å². The number of piperidine rings is 1. The summed E-state index contributed by atoms with van der Waals surface area (Å²) in [4.78, 5) is 17.3. The van der Waals surface area contributed by atoms with Gasteiger partial charge in [-0.15, -0.1) is 0 Å². The Morgan fingerprint density at radius 2 is 1.41 bits per heavy atom. The molecule has 3 heteroatoms. The Morgan fingerprint density at radius 3 is 2.00 bits per heavy atom. The van der Waals surface area contributed by atoms with Gasteiger partial charge in [0.05, 0.1) is 5.92 Å². The second-order valence-electron chi connectivity index (χ2n) is 9.71. The summed E-state index contributed by atoms with van der Waals surface area (Å²) in [5.74, 6) is 0.480. The zero-order chi connectivity index (χ0) is 22.1. The van der Waals surface area contributed by atoms with E-state index >= 15 is 0 Å². The molecule has 166 valence electrons. The van der Waals surface area contributed by atoms with E-state index in [0.29, 0.717) is 11.9 Å². The van der Waals surface area contributed by atoms with Gasteiger partial charge in [0.2, 0.25) is 5.91 Å². The Morgan fingerprint density at radius 1 is 0.844 bits per heavy atom. The van der Waals surface area contributed by atoms with E-state index in [0.717, 1.165) is 38.8 Å². The summed E-state index contributed by atoms with van der Waals surface area (Å²) in [6.07, 6.45) is 11.3. The second-order valence-corrected chi connectivity index (χ2v) is 9.71. The first kappa shape index (κ1) is 21.2. The van der Waals surface area contributed by atoms with Crippen molar-refractivity contribution in [1.82, 2.24) is 9.80 Å². The quantitative estimate of drug-likeness (QED) is 0.524. The lowest BCUT2D eigenvalue weighted by Crippen LogP contribution is -2.50. The first-order valence-corrected chi connectivity index (χ1v) is 12.2. The molecule has 0 spiro atoms. The Kier molecular flexibility index (Phi) is 6.01. The summed E-state index contributed by atoms with van der Waals surface area (Å²) < 4.78 is 0. The SMILES string of the molecule is CN(C)C(=O)C1CCCCC1N1CCC(=C2c3ccccc3C=Cc3ccccc32)CC1. The van der Waals surface area contributed by atoms with Gasteiger partial charge < -0.3 is 4.90 Å². The Bertz CT molecular complexity index is 1000. The minimum absolute atomic E-state index is 0.163.